The van der Waals surface area contributed by atoms with E-state index in [2.05, 4.69) is 27.2 Å². The highest BCUT2D eigenvalue weighted by molar-refractivity contribution is 7.91. The number of rotatable bonds is 7. The van der Waals surface area contributed by atoms with Gasteiger partial charge in [0.15, 0.2) is 21.3 Å². The van der Waals surface area contributed by atoms with Crippen LogP contribution in [0.1, 0.15) is 57.3 Å². The Morgan fingerprint density at radius 2 is 2.00 bits per heavy atom. The van der Waals surface area contributed by atoms with Gasteiger partial charge in [0.2, 0.25) is 0 Å². The predicted molar refractivity (Wildman–Crippen MR) is 130 cm³/mol. The number of halogens is 1. The van der Waals surface area contributed by atoms with Gasteiger partial charge < -0.3 is 5.32 Å². The average Bonchev–Trinajstić information content (AvgIpc) is 3.23. The lowest BCUT2D eigenvalue weighted by Crippen LogP contribution is -2.30. The summed E-state index contributed by atoms with van der Waals surface area (Å²) >= 11 is 6.39. The highest BCUT2D eigenvalue weighted by Crippen LogP contribution is 2.36. The van der Waals surface area contributed by atoms with Gasteiger partial charge in [0, 0.05) is 12.2 Å². The number of nitrogens with zero attached hydrogens (tertiary/aromatic N) is 4. The molecule has 10 heteroatoms. The van der Waals surface area contributed by atoms with Crippen LogP contribution >= 0.6 is 11.6 Å². The molecular weight excluding hydrogens is 462 g/mol. The maximum atomic E-state index is 13.5. The van der Waals surface area contributed by atoms with Crippen molar-refractivity contribution in [1.82, 2.24) is 19.5 Å². The second kappa shape index (κ2) is 9.38. The summed E-state index contributed by atoms with van der Waals surface area (Å²) < 4.78 is 25.8. The fourth-order valence-corrected chi connectivity index (χ4v) is 5.46. The lowest BCUT2D eigenvalue weighted by molar-refractivity contribution is 0.406. The van der Waals surface area contributed by atoms with E-state index in [1.54, 1.807) is 17.6 Å². The topological polar surface area (TPSA) is 107 Å². The van der Waals surface area contributed by atoms with Crippen LogP contribution in [0.3, 0.4) is 0 Å². The molecule has 2 atom stereocenters. The third kappa shape index (κ3) is 4.61. The summed E-state index contributed by atoms with van der Waals surface area (Å²) in [5.41, 5.74) is 2.38. The predicted octanol–water partition coefficient (Wildman–Crippen LogP) is 4.17. The maximum Gasteiger partial charge on any atom is 0.295 e. The molecule has 8 nitrogen and oxygen atoms in total. The molecule has 2 unspecified atom stereocenters. The zero-order valence-corrected chi connectivity index (χ0v) is 20.6. The molecule has 0 aromatic carbocycles. The lowest BCUT2D eigenvalue weighted by Gasteiger charge is -2.22. The number of pyridine rings is 2. The van der Waals surface area contributed by atoms with Crippen LogP contribution in [0.2, 0.25) is 5.15 Å². The van der Waals surface area contributed by atoms with Gasteiger partial charge in [-0.05, 0) is 48.9 Å². The molecule has 3 heterocycles. The van der Waals surface area contributed by atoms with Gasteiger partial charge in [0.05, 0.1) is 22.9 Å². The molecule has 33 heavy (non-hydrogen) atoms. The molecule has 3 aromatic rings. The summed E-state index contributed by atoms with van der Waals surface area (Å²) in [5, 5.41) is 3.51. The first kappa shape index (κ1) is 23.6. The molecule has 0 spiro atoms. The van der Waals surface area contributed by atoms with Crippen LogP contribution in [0.25, 0.3) is 11.2 Å². The molecule has 1 aliphatic rings. The van der Waals surface area contributed by atoms with Crippen LogP contribution < -0.4 is 10.9 Å². The largest absolute Gasteiger partial charge is 0.360 e. The second-order valence-electron chi connectivity index (χ2n) is 8.49. The molecule has 1 N–H and O–H groups in total. The quantitative estimate of drug-likeness (QED) is 0.496. The van der Waals surface area contributed by atoms with Gasteiger partial charge in [-0.15, -0.1) is 0 Å². The Bertz CT molecular complexity index is 1340. The molecule has 1 fully saturated rings. The van der Waals surface area contributed by atoms with E-state index < -0.39 is 9.84 Å². The van der Waals surface area contributed by atoms with Crippen LogP contribution in [0.4, 0.5) is 5.82 Å². The average molecular weight is 490 g/mol. The van der Waals surface area contributed by atoms with Crippen molar-refractivity contribution in [2.24, 2.45) is 5.92 Å². The molecule has 0 aliphatic heterocycles. The first-order valence-corrected chi connectivity index (χ1v) is 13.3. The zero-order chi connectivity index (χ0) is 23.8. The standard InChI is InChI=1S/C23H28ClN5O3S/c1-4-15-11-18-22(28-20(15)24)29(19-8-6-7-14(19)3)23(30)21(27-18)26-12-16-9-10-17(13-25-16)33(31,32)5-2/h9-11,13-14,19H,4-8,12H2,1-3H3,(H,26,27). The van der Waals surface area contributed by atoms with Crippen molar-refractivity contribution >= 4 is 38.4 Å². The van der Waals surface area contributed by atoms with Gasteiger partial charge in [-0.1, -0.05) is 38.8 Å². The van der Waals surface area contributed by atoms with Crippen molar-refractivity contribution in [3.63, 3.8) is 0 Å². The maximum absolute atomic E-state index is 13.5. The van der Waals surface area contributed by atoms with E-state index >= 15 is 0 Å². The fourth-order valence-electron chi connectivity index (χ4n) is 4.37. The minimum Gasteiger partial charge on any atom is -0.360 e. The Balaban J connectivity index is 1.72. The SMILES string of the molecule is CCc1cc2nc(NCc3ccc(S(=O)(=O)CC)cn3)c(=O)n(C3CCCC3C)c2nc1Cl. The highest BCUT2D eigenvalue weighted by Gasteiger charge is 2.29. The van der Waals surface area contributed by atoms with E-state index in [-0.39, 0.29) is 34.6 Å². The van der Waals surface area contributed by atoms with Gasteiger partial charge in [0.1, 0.15) is 10.7 Å². The van der Waals surface area contributed by atoms with Gasteiger partial charge >= 0.3 is 0 Å². The van der Waals surface area contributed by atoms with Crippen LogP contribution in [0, 0.1) is 5.92 Å². The van der Waals surface area contributed by atoms with Crippen molar-refractivity contribution in [3.05, 3.63) is 51.2 Å². The van der Waals surface area contributed by atoms with E-state index in [1.165, 1.54) is 12.3 Å². The number of aromatic nitrogens is 4. The molecule has 176 valence electrons. The fraction of sp³-hybridized carbons (Fsp3) is 0.478. The van der Waals surface area contributed by atoms with Gasteiger partial charge in [-0.3, -0.25) is 14.3 Å². The monoisotopic (exact) mass is 489 g/mol. The Kier molecular flexibility index (Phi) is 6.72. The molecule has 0 amide bonds. The van der Waals surface area contributed by atoms with Crippen LogP contribution in [0.15, 0.2) is 34.1 Å². The van der Waals surface area contributed by atoms with Gasteiger partial charge in [-0.2, -0.15) is 0 Å². The van der Waals surface area contributed by atoms with Crippen LogP contribution in [-0.2, 0) is 22.8 Å². The van der Waals surface area contributed by atoms with E-state index in [0.29, 0.717) is 34.3 Å². The number of aryl methyl sites for hydroxylation is 1. The Morgan fingerprint density at radius 1 is 1.21 bits per heavy atom. The smallest absolute Gasteiger partial charge is 0.295 e. The Labute approximate surface area is 198 Å². The third-order valence-electron chi connectivity index (χ3n) is 6.39. The van der Waals surface area contributed by atoms with Crippen molar-refractivity contribution in [2.75, 3.05) is 11.1 Å². The van der Waals surface area contributed by atoms with Crippen LogP contribution in [-0.4, -0.2) is 33.7 Å². The molecule has 4 rings (SSSR count). The van der Waals surface area contributed by atoms with E-state index in [1.807, 2.05) is 13.0 Å². The Morgan fingerprint density at radius 3 is 2.61 bits per heavy atom. The summed E-state index contributed by atoms with van der Waals surface area (Å²) in [4.78, 5) is 27.0. The zero-order valence-electron chi connectivity index (χ0n) is 19.0. The van der Waals surface area contributed by atoms with Crippen molar-refractivity contribution in [3.8, 4) is 0 Å². The summed E-state index contributed by atoms with van der Waals surface area (Å²) in [6.07, 6.45) is 5.08. The number of hydrogen-bond acceptors (Lipinski definition) is 7. The van der Waals surface area contributed by atoms with Crippen molar-refractivity contribution < 1.29 is 8.42 Å². The first-order chi connectivity index (χ1) is 15.7. The summed E-state index contributed by atoms with van der Waals surface area (Å²) in [6.45, 7) is 5.98. The molecule has 0 bridgehead atoms. The number of hydrogen-bond donors (Lipinski definition) is 1. The van der Waals surface area contributed by atoms with E-state index in [4.69, 9.17) is 11.6 Å². The number of fused-ring (bicyclic) bond motifs is 1. The molecule has 0 saturated heterocycles. The van der Waals surface area contributed by atoms with Gasteiger partial charge in [0.25, 0.3) is 5.56 Å². The van der Waals surface area contributed by atoms with Gasteiger partial charge in [-0.25, -0.2) is 18.4 Å². The summed E-state index contributed by atoms with van der Waals surface area (Å²) in [6, 6.07) is 5.11. The highest BCUT2D eigenvalue weighted by atomic mass is 35.5. The molecular formula is C23H28ClN5O3S. The van der Waals surface area contributed by atoms with Crippen LogP contribution in [0.5, 0.6) is 0 Å². The Hall–Kier alpha value is -2.52. The minimum atomic E-state index is -3.31. The summed E-state index contributed by atoms with van der Waals surface area (Å²) in [5.74, 6) is 0.589. The molecule has 1 aliphatic carbocycles. The second-order valence-corrected chi connectivity index (χ2v) is 11.1. The minimum absolute atomic E-state index is 0.0181. The molecule has 1 saturated carbocycles. The van der Waals surface area contributed by atoms with Crippen molar-refractivity contribution in [2.45, 2.75) is 63.9 Å². The molecule has 0 radical (unpaired) electrons. The number of sulfone groups is 1. The number of anilines is 1. The third-order valence-corrected chi connectivity index (χ3v) is 8.44. The normalized spacial score (nSPS) is 18.7. The van der Waals surface area contributed by atoms with Crippen molar-refractivity contribution in [1.29, 1.82) is 0 Å². The number of nitrogens with one attached hydrogen (secondary N) is 1. The summed E-state index contributed by atoms with van der Waals surface area (Å²) in [7, 11) is -3.31. The van der Waals surface area contributed by atoms with E-state index in [9.17, 15) is 13.2 Å². The first-order valence-electron chi connectivity index (χ1n) is 11.3. The molecule has 3 aromatic heterocycles. The van der Waals surface area contributed by atoms with E-state index in [0.717, 1.165) is 24.8 Å². The lowest BCUT2D eigenvalue weighted by atomic mass is 10.1.